The highest BCUT2D eigenvalue weighted by Gasteiger charge is 2.51. The minimum Gasteiger partial charge on any atom is -0.449 e. The molecule has 0 spiro atoms. The molecule has 1 amide bonds. The van der Waals surface area contributed by atoms with Gasteiger partial charge in [0.2, 0.25) is 11.7 Å². The second-order valence-corrected chi connectivity index (χ2v) is 10.2. The van der Waals surface area contributed by atoms with Gasteiger partial charge in [0, 0.05) is 35.7 Å². The highest BCUT2D eigenvalue weighted by atomic mass is 32.1. The molecule has 6 rings (SSSR count). The lowest BCUT2D eigenvalue weighted by molar-refractivity contribution is 0.00534. The number of furan rings is 1. The lowest BCUT2D eigenvalue weighted by atomic mass is 9.86. The third-order valence-electron chi connectivity index (χ3n) is 6.71. The third kappa shape index (κ3) is 3.16. The van der Waals surface area contributed by atoms with E-state index >= 15 is 0 Å². The Morgan fingerprint density at radius 1 is 1.21 bits per heavy atom. The van der Waals surface area contributed by atoms with E-state index in [1.165, 1.54) is 11.3 Å². The summed E-state index contributed by atoms with van der Waals surface area (Å²) in [6, 6.07) is 13.2. The van der Waals surface area contributed by atoms with Crippen LogP contribution < -0.4 is 10.6 Å². The lowest BCUT2D eigenvalue weighted by Crippen LogP contribution is -2.34. The first-order valence-corrected chi connectivity index (χ1v) is 11.9. The monoisotopic (exact) mass is 478 g/mol. The second kappa shape index (κ2) is 7.24. The fraction of sp³-hybridized carbons (Fsp3) is 0.320. The number of thiophene rings is 1. The summed E-state index contributed by atoms with van der Waals surface area (Å²) < 4.78 is 33.7. The van der Waals surface area contributed by atoms with E-state index in [1.807, 2.05) is 31.2 Å². The predicted molar refractivity (Wildman–Crippen MR) is 126 cm³/mol. The van der Waals surface area contributed by atoms with Crippen LogP contribution in [-0.4, -0.2) is 29.4 Å². The van der Waals surface area contributed by atoms with Crippen molar-refractivity contribution in [2.24, 2.45) is 0 Å². The maximum absolute atomic E-state index is 13.9. The van der Waals surface area contributed by atoms with Crippen LogP contribution in [0.15, 0.2) is 40.8 Å². The Labute approximate surface area is 197 Å². The molecule has 172 valence electrons. The van der Waals surface area contributed by atoms with Gasteiger partial charge in [0.25, 0.3) is 5.91 Å². The molecule has 6 nitrogen and oxygen atoms in total. The van der Waals surface area contributed by atoms with Crippen molar-refractivity contribution in [2.45, 2.75) is 43.6 Å². The predicted octanol–water partition coefficient (Wildman–Crippen LogP) is 5.83. The molecule has 1 saturated carbocycles. The van der Waals surface area contributed by atoms with Crippen molar-refractivity contribution < 1.29 is 18.0 Å². The van der Waals surface area contributed by atoms with E-state index in [9.17, 15) is 18.8 Å². The van der Waals surface area contributed by atoms with Gasteiger partial charge in [-0.25, -0.2) is 13.8 Å². The topological polar surface area (TPSA) is 91.0 Å². The Morgan fingerprint density at radius 2 is 2.06 bits per heavy atom. The van der Waals surface area contributed by atoms with Gasteiger partial charge in [0.1, 0.15) is 5.58 Å². The van der Waals surface area contributed by atoms with Crippen LogP contribution in [0.1, 0.15) is 41.6 Å². The first-order valence-electron chi connectivity index (χ1n) is 11.1. The van der Waals surface area contributed by atoms with Crippen LogP contribution in [0.3, 0.4) is 0 Å². The SMILES string of the molecule is C[C@@H]1CNc2c(oc3ccc4nc(-c5ccc(C6(C#N)CCC(F)(F)C6)s5)ccc4c23)C(=O)N1. The number of hydrogen-bond acceptors (Lipinski definition) is 6. The third-order valence-corrected chi connectivity index (χ3v) is 8.02. The number of nitrogens with one attached hydrogen (secondary N) is 2. The van der Waals surface area contributed by atoms with E-state index in [1.54, 1.807) is 12.1 Å². The molecule has 34 heavy (non-hydrogen) atoms. The van der Waals surface area contributed by atoms with E-state index < -0.39 is 17.8 Å². The molecule has 9 heteroatoms. The van der Waals surface area contributed by atoms with E-state index in [-0.39, 0.29) is 30.6 Å². The number of aromatic nitrogens is 1. The van der Waals surface area contributed by atoms with Gasteiger partial charge in [-0.1, -0.05) is 0 Å². The molecule has 2 N–H and O–H groups in total. The van der Waals surface area contributed by atoms with Gasteiger partial charge in [-0.2, -0.15) is 5.26 Å². The van der Waals surface area contributed by atoms with E-state index in [0.717, 1.165) is 21.2 Å². The van der Waals surface area contributed by atoms with Crippen molar-refractivity contribution in [1.82, 2.24) is 10.3 Å². The molecular formula is C25H20F2N4O2S. The van der Waals surface area contributed by atoms with Gasteiger partial charge in [-0.05, 0) is 49.7 Å². The van der Waals surface area contributed by atoms with Crippen LogP contribution in [-0.2, 0) is 5.41 Å². The molecule has 2 atom stereocenters. The summed E-state index contributed by atoms with van der Waals surface area (Å²) in [6.45, 7) is 2.50. The smallest absolute Gasteiger partial charge is 0.289 e. The Bertz CT molecular complexity index is 1520. The summed E-state index contributed by atoms with van der Waals surface area (Å²) in [4.78, 5) is 18.8. The van der Waals surface area contributed by atoms with Gasteiger partial charge < -0.3 is 15.1 Å². The number of hydrogen-bond donors (Lipinski definition) is 2. The van der Waals surface area contributed by atoms with Crippen LogP contribution in [0.4, 0.5) is 14.5 Å². The molecule has 0 saturated heterocycles. The minimum atomic E-state index is -2.81. The number of amides is 1. The van der Waals surface area contributed by atoms with Crippen molar-refractivity contribution in [3.8, 4) is 16.6 Å². The zero-order valence-corrected chi connectivity index (χ0v) is 19.1. The summed E-state index contributed by atoms with van der Waals surface area (Å²) in [7, 11) is 0. The van der Waals surface area contributed by atoms with Crippen molar-refractivity contribution in [2.75, 3.05) is 11.9 Å². The van der Waals surface area contributed by atoms with Crippen LogP contribution >= 0.6 is 11.3 Å². The molecule has 3 aromatic heterocycles. The summed E-state index contributed by atoms with van der Waals surface area (Å²) in [5.74, 6) is -2.80. The average molecular weight is 479 g/mol. The molecule has 2 aliphatic rings. The summed E-state index contributed by atoms with van der Waals surface area (Å²) in [6.07, 6.45) is -0.549. The highest BCUT2D eigenvalue weighted by Crippen LogP contribution is 2.51. The van der Waals surface area contributed by atoms with E-state index in [4.69, 9.17) is 9.40 Å². The Kier molecular flexibility index (Phi) is 4.48. The molecule has 0 bridgehead atoms. The molecule has 1 aromatic carbocycles. The minimum absolute atomic E-state index is 0.0330. The molecule has 0 radical (unpaired) electrons. The fourth-order valence-electron chi connectivity index (χ4n) is 4.97. The normalized spacial score (nSPS) is 23.8. The molecule has 1 aliphatic carbocycles. The number of benzene rings is 1. The average Bonchev–Trinajstić information content (AvgIpc) is 3.51. The van der Waals surface area contributed by atoms with Gasteiger partial charge in [-0.15, -0.1) is 11.3 Å². The number of nitrogens with zero attached hydrogens (tertiary/aromatic N) is 2. The molecular weight excluding hydrogens is 458 g/mol. The number of halogens is 2. The first-order chi connectivity index (χ1) is 16.3. The Balaban J connectivity index is 1.42. The van der Waals surface area contributed by atoms with Crippen molar-refractivity contribution in [3.63, 3.8) is 0 Å². The van der Waals surface area contributed by atoms with Crippen LogP contribution in [0, 0.1) is 11.3 Å². The summed E-state index contributed by atoms with van der Waals surface area (Å²) in [5, 5.41) is 17.6. The number of alkyl halides is 2. The zero-order valence-electron chi connectivity index (χ0n) is 18.2. The fourth-order valence-corrected chi connectivity index (χ4v) is 6.11. The molecule has 1 aliphatic heterocycles. The molecule has 1 fully saturated rings. The van der Waals surface area contributed by atoms with Crippen molar-refractivity contribution in [1.29, 1.82) is 5.26 Å². The lowest BCUT2D eigenvalue weighted by Gasteiger charge is -2.18. The summed E-state index contributed by atoms with van der Waals surface area (Å²) >= 11 is 1.35. The second-order valence-electron chi connectivity index (χ2n) is 9.15. The maximum Gasteiger partial charge on any atom is 0.289 e. The van der Waals surface area contributed by atoms with Gasteiger partial charge in [-0.3, -0.25) is 4.79 Å². The number of nitriles is 1. The maximum atomic E-state index is 13.9. The number of fused-ring (bicyclic) bond motifs is 5. The van der Waals surface area contributed by atoms with Gasteiger partial charge >= 0.3 is 0 Å². The van der Waals surface area contributed by atoms with Gasteiger partial charge in [0.05, 0.1) is 38.6 Å². The van der Waals surface area contributed by atoms with Crippen molar-refractivity contribution >= 4 is 44.8 Å². The Morgan fingerprint density at radius 3 is 2.82 bits per heavy atom. The largest absolute Gasteiger partial charge is 0.449 e. The number of carbonyl (C=O) groups is 1. The zero-order chi connectivity index (χ0) is 23.7. The van der Waals surface area contributed by atoms with Crippen LogP contribution in [0.2, 0.25) is 0 Å². The molecule has 4 heterocycles. The highest BCUT2D eigenvalue weighted by molar-refractivity contribution is 7.15. The number of carbonyl (C=O) groups excluding carboxylic acids is 1. The number of pyridine rings is 1. The standard InChI is InChI=1S/C25H20F2N4O2S/c1-13-10-29-21-20-14-2-3-16(31-15(14)4-5-17(20)33-22(21)23(32)30-13)18-6-7-19(34-18)24(12-28)8-9-25(26,27)11-24/h2-7,13,29H,8-11H2,1H3,(H,30,32)/t13-,24?/m1/s1. The number of anilines is 1. The van der Waals surface area contributed by atoms with Crippen LogP contribution in [0.25, 0.3) is 32.4 Å². The van der Waals surface area contributed by atoms with Gasteiger partial charge in [0.15, 0.2) is 0 Å². The van der Waals surface area contributed by atoms with E-state index in [0.29, 0.717) is 28.4 Å². The number of rotatable bonds is 2. The molecule has 1 unspecified atom stereocenters. The summed E-state index contributed by atoms with van der Waals surface area (Å²) in [5.41, 5.74) is 1.54. The van der Waals surface area contributed by atoms with E-state index in [2.05, 4.69) is 16.7 Å². The quantitative estimate of drug-likeness (QED) is 0.378. The molecule has 4 aromatic rings. The van der Waals surface area contributed by atoms with Crippen molar-refractivity contribution in [3.05, 3.63) is 47.0 Å². The first kappa shape index (κ1) is 21.1. The Hall–Kier alpha value is -3.51. The van der Waals surface area contributed by atoms with Crippen LogP contribution in [0.5, 0.6) is 0 Å².